The van der Waals surface area contributed by atoms with Gasteiger partial charge in [-0.1, -0.05) is 35.6 Å². The molecule has 5 rings (SSSR count). The number of ether oxygens (including phenoxy) is 1. The average Bonchev–Trinajstić information content (AvgIpc) is 3.60. The van der Waals surface area contributed by atoms with Gasteiger partial charge in [-0.3, -0.25) is 9.59 Å². The van der Waals surface area contributed by atoms with Gasteiger partial charge in [0, 0.05) is 5.92 Å². The van der Waals surface area contributed by atoms with E-state index in [0.29, 0.717) is 16.2 Å². The van der Waals surface area contributed by atoms with Crippen LogP contribution in [0.4, 0.5) is 28.4 Å². The van der Waals surface area contributed by atoms with Gasteiger partial charge < -0.3 is 15.4 Å². The van der Waals surface area contributed by atoms with Crippen molar-refractivity contribution in [1.82, 2.24) is 4.98 Å². The summed E-state index contributed by atoms with van der Waals surface area (Å²) in [6.07, 6.45) is -3.34. The summed E-state index contributed by atoms with van der Waals surface area (Å²) in [5.41, 5.74) is 2.22. The number of alkyl halides is 3. The van der Waals surface area contributed by atoms with Crippen molar-refractivity contribution in [2.75, 3.05) is 10.6 Å². The molecule has 1 aromatic heterocycles. The lowest BCUT2D eigenvalue weighted by atomic mass is 10.0. The number of halogens is 4. The number of rotatable bonds is 7. The zero-order chi connectivity index (χ0) is 26.2. The van der Waals surface area contributed by atoms with Crippen molar-refractivity contribution in [2.24, 2.45) is 5.92 Å². The Kier molecular flexibility index (Phi) is 6.55. The van der Waals surface area contributed by atoms with Gasteiger partial charge in [-0.15, -0.1) is 13.2 Å². The number of fused-ring (bicyclic) bond motifs is 1. The molecule has 0 bridgehead atoms. The Morgan fingerprint density at radius 3 is 2.51 bits per heavy atom. The van der Waals surface area contributed by atoms with Crippen LogP contribution in [0, 0.1) is 11.7 Å². The van der Waals surface area contributed by atoms with Crippen molar-refractivity contribution in [1.29, 1.82) is 0 Å². The topological polar surface area (TPSA) is 80.3 Å². The standard InChI is InChI=1S/C26H19F4N3O3S/c27-19-8-6-16(17-7-9-22-21(13-17)32-25(37-22)33-24(35)15-4-5-15)12-20(19)31-23(34)11-14-2-1-3-18(10-14)36-26(28,29)30/h1-3,6-10,12-13,15H,4-5,11H2,(H,31,34)(H,32,33,35). The van der Waals surface area contributed by atoms with E-state index in [1.165, 1.54) is 35.6 Å². The third kappa shape index (κ3) is 6.23. The number of hydrogen-bond donors (Lipinski definition) is 2. The normalized spacial score (nSPS) is 13.4. The van der Waals surface area contributed by atoms with Gasteiger partial charge in [-0.25, -0.2) is 9.37 Å². The first-order valence-corrected chi connectivity index (χ1v) is 12.1. The third-order valence-electron chi connectivity index (χ3n) is 5.64. The Bertz CT molecular complexity index is 1500. The SMILES string of the molecule is O=C(Cc1cccc(OC(F)(F)F)c1)Nc1cc(-c2ccc3sc(NC(=O)C4CC4)nc3c2)ccc1F. The van der Waals surface area contributed by atoms with Gasteiger partial charge in [0.15, 0.2) is 5.13 Å². The Hall–Kier alpha value is -3.99. The number of thiazole rings is 1. The van der Waals surface area contributed by atoms with E-state index in [-0.39, 0.29) is 29.5 Å². The maximum Gasteiger partial charge on any atom is 0.573 e. The minimum atomic E-state index is -4.85. The number of carbonyl (C=O) groups excluding carboxylic acids is 2. The van der Waals surface area contributed by atoms with E-state index >= 15 is 0 Å². The van der Waals surface area contributed by atoms with Gasteiger partial charge in [-0.05, 0) is 65.9 Å². The Morgan fingerprint density at radius 2 is 1.76 bits per heavy atom. The van der Waals surface area contributed by atoms with Crippen LogP contribution in [0.1, 0.15) is 18.4 Å². The number of aromatic nitrogens is 1. The highest BCUT2D eigenvalue weighted by Gasteiger charge is 2.31. The van der Waals surface area contributed by atoms with Crippen molar-refractivity contribution >= 4 is 44.2 Å². The van der Waals surface area contributed by atoms with E-state index < -0.39 is 23.8 Å². The summed E-state index contributed by atoms with van der Waals surface area (Å²) in [6.45, 7) is 0. The number of nitrogens with zero attached hydrogens (tertiary/aromatic N) is 1. The molecule has 0 atom stereocenters. The van der Waals surface area contributed by atoms with Crippen LogP contribution in [0.25, 0.3) is 21.3 Å². The summed E-state index contributed by atoms with van der Waals surface area (Å²) >= 11 is 1.36. The molecule has 11 heteroatoms. The average molecular weight is 530 g/mol. The fourth-order valence-corrected chi connectivity index (χ4v) is 4.60. The zero-order valence-electron chi connectivity index (χ0n) is 19.1. The second kappa shape index (κ2) is 9.81. The molecule has 0 spiro atoms. The monoisotopic (exact) mass is 529 g/mol. The number of anilines is 2. The smallest absolute Gasteiger partial charge is 0.406 e. The predicted molar refractivity (Wildman–Crippen MR) is 132 cm³/mol. The second-order valence-electron chi connectivity index (χ2n) is 8.58. The highest BCUT2D eigenvalue weighted by Crippen LogP contribution is 2.34. The van der Waals surface area contributed by atoms with Crippen LogP contribution in [-0.4, -0.2) is 23.2 Å². The summed E-state index contributed by atoms with van der Waals surface area (Å²) in [5, 5.41) is 5.83. The lowest BCUT2D eigenvalue weighted by Crippen LogP contribution is -2.18. The lowest BCUT2D eigenvalue weighted by molar-refractivity contribution is -0.274. The molecular weight excluding hydrogens is 510 g/mol. The Balaban J connectivity index is 1.30. The van der Waals surface area contributed by atoms with Crippen molar-refractivity contribution in [3.8, 4) is 16.9 Å². The maximum absolute atomic E-state index is 14.5. The maximum atomic E-state index is 14.5. The highest BCUT2D eigenvalue weighted by molar-refractivity contribution is 7.22. The predicted octanol–water partition coefficient (Wildman–Crippen LogP) is 6.53. The molecule has 1 fully saturated rings. The lowest BCUT2D eigenvalue weighted by Gasteiger charge is -2.11. The van der Waals surface area contributed by atoms with E-state index in [4.69, 9.17) is 0 Å². The molecule has 0 radical (unpaired) electrons. The molecule has 1 saturated carbocycles. The van der Waals surface area contributed by atoms with Crippen LogP contribution < -0.4 is 15.4 Å². The Labute approximate surface area is 212 Å². The first-order valence-electron chi connectivity index (χ1n) is 11.3. The number of hydrogen-bond acceptors (Lipinski definition) is 5. The summed E-state index contributed by atoms with van der Waals surface area (Å²) in [5.74, 6) is -1.68. The van der Waals surface area contributed by atoms with Crippen molar-refractivity contribution in [3.63, 3.8) is 0 Å². The first-order chi connectivity index (χ1) is 17.6. The fraction of sp³-hybridized carbons (Fsp3) is 0.192. The number of carbonyl (C=O) groups is 2. The highest BCUT2D eigenvalue weighted by atomic mass is 32.1. The summed E-state index contributed by atoms with van der Waals surface area (Å²) in [4.78, 5) is 29.0. The van der Waals surface area contributed by atoms with E-state index in [2.05, 4.69) is 20.4 Å². The largest absolute Gasteiger partial charge is 0.573 e. The molecule has 190 valence electrons. The fourth-order valence-electron chi connectivity index (χ4n) is 3.75. The number of amides is 2. The molecule has 6 nitrogen and oxygen atoms in total. The molecule has 37 heavy (non-hydrogen) atoms. The van der Waals surface area contributed by atoms with Crippen LogP contribution in [0.5, 0.6) is 5.75 Å². The first kappa shape index (κ1) is 24.7. The molecule has 4 aromatic rings. The molecule has 2 N–H and O–H groups in total. The zero-order valence-corrected chi connectivity index (χ0v) is 19.9. The molecule has 1 aliphatic carbocycles. The summed E-state index contributed by atoms with van der Waals surface area (Å²) < 4.78 is 56.6. The van der Waals surface area contributed by atoms with Crippen LogP contribution in [0.2, 0.25) is 0 Å². The van der Waals surface area contributed by atoms with Gasteiger partial charge in [0.2, 0.25) is 11.8 Å². The van der Waals surface area contributed by atoms with Crippen molar-refractivity contribution in [3.05, 3.63) is 72.0 Å². The molecule has 0 aliphatic heterocycles. The van der Waals surface area contributed by atoms with E-state index in [1.807, 2.05) is 18.2 Å². The third-order valence-corrected chi connectivity index (χ3v) is 6.59. The van der Waals surface area contributed by atoms with Crippen LogP contribution in [0.3, 0.4) is 0 Å². The van der Waals surface area contributed by atoms with Crippen LogP contribution in [-0.2, 0) is 16.0 Å². The molecule has 3 aromatic carbocycles. The molecule has 0 saturated heterocycles. The minimum absolute atomic E-state index is 0.0298. The Morgan fingerprint density at radius 1 is 1.00 bits per heavy atom. The van der Waals surface area contributed by atoms with E-state index in [0.717, 1.165) is 35.2 Å². The van der Waals surface area contributed by atoms with Gasteiger partial charge in [0.25, 0.3) is 0 Å². The minimum Gasteiger partial charge on any atom is -0.406 e. The number of nitrogens with one attached hydrogen (secondary N) is 2. The molecule has 1 heterocycles. The molecule has 2 amide bonds. The van der Waals surface area contributed by atoms with Gasteiger partial charge in [0.1, 0.15) is 11.6 Å². The summed E-state index contributed by atoms with van der Waals surface area (Å²) in [6, 6.07) is 14.8. The molecular formula is C26H19F4N3O3S. The molecule has 1 aliphatic rings. The van der Waals surface area contributed by atoms with Gasteiger partial charge in [0.05, 0.1) is 22.3 Å². The van der Waals surface area contributed by atoms with E-state index in [9.17, 15) is 27.2 Å². The number of benzene rings is 3. The second-order valence-corrected chi connectivity index (χ2v) is 9.61. The quantitative estimate of drug-likeness (QED) is 0.267. The van der Waals surface area contributed by atoms with Crippen molar-refractivity contribution < 1.29 is 31.9 Å². The summed E-state index contributed by atoms with van der Waals surface area (Å²) in [7, 11) is 0. The van der Waals surface area contributed by atoms with Crippen molar-refractivity contribution in [2.45, 2.75) is 25.6 Å². The molecule has 0 unspecified atom stereocenters. The van der Waals surface area contributed by atoms with Gasteiger partial charge >= 0.3 is 6.36 Å². The van der Waals surface area contributed by atoms with Crippen LogP contribution >= 0.6 is 11.3 Å². The van der Waals surface area contributed by atoms with Crippen LogP contribution in [0.15, 0.2) is 60.7 Å². The van der Waals surface area contributed by atoms with Gasteiger partial charge in [-0.2, -0.15) is 0 Å². The van der Waals surface area contributed by atoms with E-state index in [1.54, 1.807) is 6.07 Å².